The minimum absolute atomic E-state index is 0.00164. The SMILES string of the molecule is COCC(=O)Nc1ccc(N(C)C)c(CN(Cc2ccccc2)C(C)=O)c1. The van der Waals surface area contributed by atoms with Crippen molar-refractivity contribution in [3.63, 3.8) is 0 Å². The predicted octanol–water partition coefficient (Wildman–Crippen LogP) is 2.89. The van der Waals surface area contributed by atoms with E-state index in [9.17, 15) is 9.59 Å². The number of hydrogen-bond acceptors (Lipinski definition) is 4. The number of ether oxygens (including phenoxy) is 1. The summed E-state index contributed by atoms with van der Waals surface area (Å²) in [6, 6.07) is 15.6. The topological polar surface area (TPSA) is 61.9 Å². The molecule has 0 heterocycles. The quantitative estimate of drug-likeness (QED) is 0.777. The maximum absolute atomic E-state index is 12.2. The third-order valence-electron chi connectivity index (χ3n) is 4.14. The zero-order valence-electron chi connectivity index (χ0n) is 16.4. The number of carbonyl (C=O) groups excluding carboxylic acids is 2. The smallest absolute Gasteiger partial charge is 0.250 e. The molecule has 0 fully saturated rings. The van der Waals surface area contributed by atoms with Crippen molar-refractivity contribution in [3.8, 4) is 0 Å². The molecule has 1 N–H and O–H groups in total. The van der Waals surface area contributed by atoms with E-state index in [1.54, 1.807) is 11.8 Å². The molecular formula is C21H27N3O3. The summed E-state index contributed by atoms with van der Waals surface area (Å²) in [6.07, 6.45) is 0. The first-order valence-electron chi connectivity index (χ1n) is 8.79. The molecule has 2 aromatic carbocycles. The number of amides is 2. The lowest BCUT2D eigenvalue weighted by Gasteiger charge is -2.25. The highest BCUT2D eigenvalue weighted by atomic mass is 16.5. The largest absolute Gasteiger partial charge is 0.377 e. The Balaban J connectivity index is 2.26. The number of benzene rings is 2. The van der Waals surface area contributed by atoms with E-state index in [0.717, 1.165) is 16.8 Å². The van der Waals surface area contributed by atoms with Gasteiger partial charge in [0, 0.05) is 52.6 Å². The van der Waals surface area contributed by atoms with E-state index in [1.165, 1.54) is 7.11 Å². The summed E-state index contributed by atoms with van der Waals surface area (Å²) in [4.78, 5) is 27.8. The first kappa shape index (κ1) is 20.5. The van der Waals surface area contributed by atoms with Crippen LogP contribution in [-0.4, -0.2) is 44.5 Å². The third kappa shape index (κ3) is 6.11. The highest BCUT2D eigenvalue weighted by molar-refractivity contribution is 5.92. The molecule has 0 aliphatic carbocycles. The van der Waals surface area contributed by atoms with Gasteiger partial charge in [-0.1, -0.05) is 30.3 Å². The van der Waals surface area contributed by atoms with Crippen LogP contribution >= 0.6 is 0 Å². The van der Waals surface area contributed by atoms with Crippen LogP contribution in [0.3, 0.4) is 0 Å². The normalized spacial score (nSPS) is 10.4. The fourth-order valence-corrected chi connectivity index (χ4v) is 2.84. The third-order valence-corrected chi connectivity index (χ3v) is 4.14. The molecule has 0 unspecified atom stereocenters. The highest BCUT2D eigenvalue weighted by Crippen LogP contribution is 2.25. The van der Waals surface area contributed by atoms with Gasteiger partial charge < -0.3 is 19.9 Å². The minimum atomic E-state index is -0.214. The predicted molar refractivity (Wildman–Crippen MR) is 108 cm³/mol. The molecule has 6 nitrogen and oxygen atoms in total. The van der Waals surface area contributed by atoms with Crippen molar-refractivity contribution in [2.24, 2.45) is 0 Å². The van der Waals surface area contributed by atoms with E-state index in [2.05, 4.69) is 5.32 Å². The Morgan fingerprint density at radius 1 is 1.04 bits per heavy atom. The number of methoxy groups -OCH3 is 1. The molecule has 2 aromatic rings. The van der Waals surface area contributed by atoms with Gasteiger partial charge in [0.2, 0.25) is 11.8 Å². The first-order valence-corrected chi connectivity index (χ1v) is 8.79. The molecule has 0 saturated heterocycles. The van der Waals surface area contributed by atoms with Crippen LogP contribution in [0.5, 0.6) is 0 Å². The Hall–Kier alpha value is -2.86. The van der Waals surface area contributed by atoms with Crippen molar-refractivity contribution in [3.05, 3.63) is 59.7 Å². The molecule has 27 heavy (non-hydrogen) atoms. The molecule has 0 radical (unpaired) electrons. The molecule has 0 aliphatic rings. The monoisotopic (exact) mass is 369 g/mol. The maximum atomic E-state index is 12.2. The summed E-state index contributed by atoms with van der Waals surface area (Å²) in [6.45, 7) is 2.55. The van der Waals surface area contributed by atoms with Gasteiger partial charge in [-0.3, -0.25) is 9.59 Å². The number of hydrogen-bond donors (Lipinski definition) is 1. The van der Waals surface area contributed by atoms with Gasteiger partial charge in [-0.15, -0.1) is 0 Å². The molecule has 0 aromatic heterocycles. The fourth-order valence-electron chi connectivity index (χ4n) is 2.84. The molecule has 144 valence electrons. The molecule has 6 heteroatoms. The average Bonchev–Trinajstić information content (AvgIpc) is 2.62. The van der Waals surface area contributed by atoms with Crippen LogP contribution < -0.4 is 10.2 Å². The number of anilines is 2. The second-order valence-electron chi connectivity index (χ2n) is 6.58. The highest BCUT2D eigenvalue weighted by Gasteiger charge is 2.15. The molecule has 2 rings (SSSR count). The van der Waals surface area contributed by atoms with E-state index < -0.39 is 0 Å². The number of nitrogens with one attached hydrogen (secondary N) is 1. The number of nitrogens with zero attached hydrogens (tertiary/aromatic N) is 2. The number of carbonyl (C=O) groups is 2. The second kappa shape index (κ2) is 9.73. The van der Waals surface area contributed by atoms with Gasteiger partial charge in [0.05, 0.1) is 0 Å². The van der Waals surface area contributed by atoms with Gasteiger partial charge in [-0.05, 0) is 29.3 Å². The first-order chi connectivity index (χ1) is 12.9. The van der Waals surface area contributed by atoms with E-state index in [0.29, 0.717) is 18.8 Å². The Kier molecular flexibility index (Phi) is 7.37. The van der Waals surface area contributed by atoms with Crippen LogP contribution in [0.25, 0.3) is 0 Å². The van der Waals surface area contributed by atoms with E-state index in [4.69, 9.17) is 4.74 Å². The van der Waals surface area contributed by atoms with Gasteiger partial charge in [0.25, 0.3) is 0 Å². The van der Waals surface area contributed by atoms with Crippen molar-refractivity contribution in [1.29, 1.82) is 0 Å². The summed E-state index contributed by atoms with van der Waals surface area (Å²) in [5.74, 6) is -0.217. The Labute approximate surface area is 160 Å². The van der Waals surface area contributed by atoms with E-state index in [1.807, 2.05) is 67.5 Å². The lowest BCUT2D eigenvalue weighted by molar-refractivity contribution is -0.130. The van der Waals surface area contributed by atoms with E-state index in [-0.39, 0.29) is 18.4 Å². The summed E-state index contributed by atoms with van der Waals surface area (Å²) in [7, 11) is 5.39. The minimum Gasteiger partial charge on any atom is -0.377 e. The zero-order chi connectivity index (χ0) is 19.8. The Morgan fingerprint density at radius 3 is 2.33 bits per heavy atom. The number of rotatable bonds is 8. The zero-order valence-corrected chi connectivity index (χ0v) is 16.4. The van der Waals surface area contributed by atoms with Crippen LogP contribution in [-0.2, 0) is 27.4 Å². The van der Waals surface area contributed by atoms with Crippen LogP contribution in [0.1, 0.15) is 18.1 Å². The summed E-state index contributed by atoms with van der Waals surface area (Å²) < 4.78 is 4.86. The molecule has 0 bridgehead atoms. The van der Waals surface area contributed by atoms with Gasteiger partial charge >= 0.3 is 0 Å². The van der Waals surface area contributed by atoms with E-state index >= 15 is 0 Å². The van der Waals surface area contributed by atoms with Crippen LogP contribution in [0.4, 0.5) is 11.4 Å². The standard InChI is InChI=1S/C21H27N3O3/c1-16(25)24(13-17-8-6-5-7-9-17)14-18-12-19(22-21(26)15-27-4)10-11-20(18)23(2)3/h5-12H,13-15H2,1-4H3,(H,22,26). The van der Waals surface area contributed by atoms with Crippen LogP contribution in [0, 0.1) is 0 Å². The van der Waals surface area contributed by atoms with Gasteiger partial charge in [-0.25, -0.2) is 0 Å². The van der Waals surface area contributed by atoms with Crippen molar-refractivity contribution < 1.29 is 14.3 Å². The van der Waals surface area contributed by atoms with Crippen molar-refractivity contribution in [2.75, 3.05) is 38.0 Å². The average molecular weight is 369 g/mol. The summed E-state index contributed by atoms with van der Waals surface area (Å²) in [5.41, 5.74) is 3.71. The summed E-state index contributed by atoms with van der Waals surface area (Å²) in [5, 5.41) is 2.82. The van der Waals surface area contributed by atoms with Gasteiger partial charge in [0.1, 0.15) is 6.61 Å². The molecule has 0 spiro atoms. The summed E-state index contributed by atoms with van der Waals surface area (Å²) >= 11 is 0. The molecule has 0 aliphatic heterocycles. The van der Waals surface area contributed by atoms with Crippen molar-refractivity contribution in [1.82, 2.24) is 4.90 Å². The molecule has 0 atom stereocenters. The molecular weight excluding hydrogens is 342 g/mol. The second-order valence-corrected chi connectivity index (χ2v) is 6.58. The Bertz CT molecular complexity index is 775. The maximum Gasteiger partial charge on any atom is 0.250 e. The van der Waals surface area contributed by atoms with Crippen molar-refractivity contribution >= 4 is 23.2 Å². The van der Waals surface area contributed by atoms with Gasteiger partial charge in [0.15, 0.2) is 0 Å². The van der Waals surface area contributed by atoms with Gasteiger partial charge in [-0.2, -0.15) is 0 Å². The molecule has 0 saturated carbocycles. The van der Waals surface area contributed by atoms with Crippen LogP contribution in [0.15, 0.2) is 48.5 Å². The van der Waals surface area contributed by atoms with Crippen molar-refractivity contribution in [2.45, 2.75) is 20.0 Å². The fraction of sp³-hybridized carbons (Fsp3) is 0.333. The van der Waals surface area contributed by atoms with Crippen LogP contribution in [0.2, 0.25) is 0 Å². The Morgan fingerprint density at radius 2 is 1.74 bits per heavy atom. The lowest BCUT2D eigenvalue weighted by atomic mass is 10.1. The lowest BCUT2D eigenvalue weighted by Crippen LogP contribution is -2.28. The molecule has 2 amide bonds.